The molecule has 1 atom stereocenters. The highest BCUT2D eigenvalue weighted by atomic mass is 79.9. The van der Waals surface area contributed by atoms with Crippen LogP contribution in [-0.4, -0.2) is 41.0 Å². The van der Waals surface area contributed by atoms with Crippen LogP contribution in [0.4, 0.5) is 5.69 Å². The molecule has 1 amide bonds. The minimum atomic E-state index is -0.735. The van der Waals surface area contributed by atoms with E-state index in [0.29, 0.717) is 25.9 Å². The summed E-state index contributed by atoms with van der Waals surface area (Å²) in [5, 5.41) is 11.9. The third kappa shape index (κ3) is 4.28. The molecule has 1 aromatic carbocycles. The Hall–Kier alpha value is -1.40. The van der Waals surface area contributed by atoms with Gasteiger partial charge in [-0.25, -0.2) is 0 Å². The summed E-state index contributed by atoms with van der Waals surface area (Å²) < 4.78 is 0.962. The lowest BCUT2D eigenvalue weighted by Crippen LogP contribution is -2.46. The second-order valence-electron chi connectivity index (χ2n) is 5.32. The minimum Gasteiger partial charge on any atom is -0.481 e. The fourth-order valence-corrected chi connectivity index (χ4v) is 2.74. The predicted octanol–water partition coefficient (Wildman–Crippen LogP) is 2.57. The van der Waals surface area contributed by atoms with Gasteiger partial charge in [0, 0.05) is 10.2 Å². The van der Waals surface area contributed by atoms with Gasteiger partial charge in [0.15, 0.2) is 0 Å². The molecule has 1 fully saturated rings. The van der Waals surface area contributed by atoms with Crippen molar-refractivity contribution in [1.82, 2.24) is 4.90 Å². The Morgan fingerprint density at radius 3 is 2.38 bits per heavy atom. The normalized spacial score (nSPS) is 18.2. The Labute approximate surface area is 132 Å². The van der Waals surface area contributed by atoms with Crippen LogP contribution in [-0.2, 0) is 9.59 Å². The van der Waals surface area contributed by atoms with Gasteiger partial charge in [-0.2, -0.15) is 0 Å². The van der Waals surface area contributed by atoms with Crippen molar-refractivity contribution in [1.29, 1.82) is 0 Å². The number of aliphatic carboxylic acids is 1. The van der Waals surface area contributed by atoms with Crippen LogP contribution in [0.5, 0.6) is 0 Å². The van der Waals surface area contributed by atoms with E-state index in [1.165, 1.54) is 0 Å². The fourth-order valence-electron chi connectivity index (χ4n) is 2.48. The number of amides is 1. The second-order valence-corrected chi connectivity index (χ2v) is 6.24. The van der Waals surface area contributed by atoms with Crippen molar-refractivity contribution < 1.29 is 14.7 Å². The van der Waals surface area contributed by atoms with Gasteiger partial charge < -0.3 is 10.4 Å². The average molecular weight is 355 g/mol. The SMILES string of the molecule is CC(C(=O)Nc1ccc(Br)cc1)N1CCC(C(=O)O)CC1. The van der Waals surface area contributed by atoms with Gasteiger partial charge in [-0.3, -0.25) is 14.5 Å². The molecule has 6 heteroatoms. The molecular weight excluding hydrogens is 336 g/mol. The summed E-state index contributed by atoms with van der Waals surface area (Å²) in [5.41, 5.74) is 0.760. The van der Waals surface area contributed by atoms with Crippen LogP contribution in [0.1, 0.15) is 19.8 Å². The molecule has 1 unspecified atom stereocenters. The van der Waals surface area contributed by atoms with Gasteiger partial charge in [-0.15, -0.1) is 0 Å². The molecule has 0 saturated carbocycles. The molecule has 0 spiro atoms. The van der Waals surface area contributed by atoms with Crippen LogP contribution in [0.3, 0.4) is 0 Å². The fraction of sp³-hybridized carbons (Fsp3) is 0.467. The summed E-state index contributed by atoms with van der Waals surface area (Å²) in [5.74, 6) is -1.07. The highest BCUT2D eigenvalue weighted by Gasteiger charge is 2.29. The molecule has 0 aromatic heterocycles. The molecule has 1 aliphatic heterocycles. The molecule has 1 aliphatic rings. The number of hydrogen-bond donors (Lipinski definition) is 2. The molecule has 1 saturated heterocycles. The van der Waals surface area contributed by atoms with Crippen LogP contribution < -0.4 is 5.32 Å². The number of hydrogen-bond acceptors (Lipinski definition) is 3. The third-order valence-corrected chi connectivity index (χ3v) is 4.45. The molecule has 1 heterocycles. The largest absolute Gasteiger partial charge is 0.481 e. The first-order valence-corrected chi connectivity index (χ1v) is 7.80. The number of anilines is 1. The molecule has 0 radical (unpaired) electrons. The molecule has 2 rings (SSSR count). The summed E-state index contributed by atoms with van der Waals surface area (Å²) in [6, 6.07) is 7.16. The van der Waals surface area contributed by atoms with Crippen molar-refractivity contribution in [3.63, 3.8) is 0 Å². The molecule has 5 nitrogen and oxygen atoms in total. The molecule has 2 N–H and O–H groups in total. The predicted molar refractivity (Wildman–Crippen MR) is 84.2 cm³/mol. The maximum absolute atomic E-state index is 12.2. The first-order valence-electron chi connectivity index (χ1n) is 7.00. The van der Waals surface area contributed by atoms with Crippen molar-refractivity contribution in [2.45, 2.75) is 25.8 Å². The van der Waals surface area contributed by atoms with Gasteiger partial charge in [0.1, 0.15) is 0 Å². The smallest absolute Gasteiger partial charge is 0.306 e. The van der Waals surface area contributed by atoms with E-state index in [1.807, 2.05) is 36.1 Å². The van der Waals surface area contributed by atoms with Crippen molar-refractivity contribution in [2.24, 2.45) is 5.92 Å². The Kier molecular flexibility index (Phi) is 5.36. The zero-order valence-electron chi connectivity index (χ0n) is 11.9. The van der Waals surface area contributed by atoms with Gasteiger partial charge >= 0.3 is 5.97 Å². The van der Waals surface area contributed by atoms with Gasteiger partial charge in [0.25, 0.3) is 0 Å². The topological polar surface area (TPSA) is 69.6 Å². The van der Waals surface area contributed by atoms with E-state index in [-0.39, 0.29) is 17.9 Å². The summed E-state index contributed by atoms with van der Waals surface area (Å²) in [7, 11) is 0. The molecular formula is C15H19BrN2O3. The van der Waals surface area contributed by atoms with Crippen LogP contribution >= 0.6 is 15.9 Å². The number of carboxylic acids is 1. The zero-order chi connectivity index (χ0) is 15.4. The van der Waals surface area contributed by atoms with Gasteiger partial charge in [-0.1, -0.05) is 15.9 Å². The number of carbonyl (C=O) groups excluding carboxylic acids is 1. The Bertz CT molecular complexity index is 510. The maximum atomic E-state index is 12.2. The number of rotatable bonds is 4. The Morgan fingerprint density at radius 1 is 1.29 bits per heavy atom. The van der Waals surface area contributed by atoms with Crippen molar-refractivity contribution >= 4 is 33.5 Å². The standard InChI is InChI=1S/C15H19BrN2O3/c1-10(18-8-6-11(7-9-18)15(20)21)14(19)17-13-4-2-12(16)3-5-13/h2-5,10-11H,6-9H2,1H3,(H,17,19)(H,20,21). The lowest BCUT2D eigenvalue weighted by Gasteiger charge is -2.33. The Morgan fingerprint density at radius 2 is 1.86 bits per heavy atom. The first kappa shape index (κ1) is 16.0. The molecule has 114 valence electrons. The summed E-state index contributed by atoms with van der Waals surface area (Å²) in [6.45, 7) is 3.15. The van der Waals surface area contributed by atoms with Crippen LogP contribution in [0.25, 0.3) is 0 Å². The van der Waals surface area contributed by atoms with Crippen LogP contribution in [0.15, 0.2) is 28.7 Å². The minimum absolute atomic E-state index is 0.0638. The van der Waals surface area contributed by atoms with E-state index < -0.39 is 5.97 Å². The van der Waals surface area contributed by atoms with Crippen molar-refractivity contribution in [2.75, 3.05) is 18.4 Å². The highest BCUT2D eigenvalue weighted by Crippen LogP contribution is 2.20. The number of halogens is 1. The number of nitrogens with zero attached hydrogens (tertiary/aromatic N) is 1. The molecule has 1 aromatic rings. The van der Waals surface area contributed by atoms with E-state index in [2.05, 4.69) is 21.2 Å². The van der Waals surface area contributed by atoms with Crippen LogP contribution in [0.2, 0.25) is 0 Å². The van der Waals surface area contributed by atoms with Crippen molar-refractivity contribution in [3.05, 3.63) is 28.7 Å². The van der Waals surface area contributed by atoms with E-state index in [0.717, 1.165) is 10.2 Å². The molecule has 0 bridgehead atoms. The quantitative estimate of drug-likeness (QED) is 0.871. The summed E-state index contributed by atoms with van der Waals surface area (Å²) in [4.78, 5) is 25.2. The maximum Gasteiger partial charge on any atom is 0.306 e. The number of carbonyl (C=O) groups is 2. The zero-order valence-corrected chi connectivity index (χ0v) is 13.5. The van der Waals surface area contributed by atoms with E-state index in [1.54, 1.807) is 0 Å². The summed E-state index contributed by atoms with van der Waals surface area (Å²) in [6.07, 6.45) is 1.20. The number of piperidine rings is 1. The van der Waals surface area contributed by atoms with Gasteiger partial charge in [0.05, 0.1) is 12.0 Å². The van der Waals surface area contributed by atoms with Crippen LogP contribution in [0, 0.1) is 5.92 Å². The number of likely N-dealkylation sites (tertiary alicyclic amines) is 1. The van der Waals surface area contributed by atoms with Gasteiger partial charge in [-0.05, 0) is 57.1 Å². The summed E-state index contributed by atoms with van der Waals surface area (Å²) >= 11 is 3.35. The lowest BCUT2D eigenvalue weighted by atomic mass is 9.96. The molecule has 21 heavy (non-hydrogen) atoms. The monoisotopic (exact) mass is 354 g/mol. The lowest BCUT2D eigenvalue weighted by molar-refractivity contribution is -0.143. The number of carboxylic acid groups (broad SMARTS) is 1. The highest BCUT2D eigenvalue weighted by molar-refractivity contribution is 9.10. The van der Waals surface area contributed by atoms with Crippen molar-refractivity contribution in [3.8, 4) is 0 Å². The third-order valence-electron chi connectivity index (χ3n) is 3.92. The second kappa shape index (κ2) is 7.04. The average Bonchev–Trinajstić information content (AvgIpc) is 2.49. The molecule has 0 aliphatic carbocycles. The van der Waals surface area contributed by atoms with E-state index in [4.69, 9.17) is 5.11 Å². The van der Waals surface area contributed by atoms with E-state index >= 15 is 0 Å². The van der Waals surface area contributed by atoms with Gasteiger partial charge in [0.2, 0.25) is 5.91 Å². The van der Waals surface area contributed by atoms with E-state index in [9.17, 15) is 9.59 Å². The Balaban J connectivity index is 1.88. The number of benzene rings is 1. The first-order chi connectivity index (χ1) is 9.97. The number of nitrogens with one attached hydrogen (secondary N) is 1.